The Hall–Kier alpha value is -3.79. The van der Waals surface area contributed by atoms with E-state index in [1.807, 2.05) is 0 Å². The number of amides is 4. The largest absolute Gasteiger partial charge is 0.364 e. The topological polar surface area (TPSA) is 143 Å². The van der Waals surface area contributed by atoms with Gasteiger partial charge in [0, 0.05) is 23.6 Å². The predicted molar refractivity (Wildman–Crippen MR) is 114 cm³/mol. The van der Waals surface area contributed by atoms with E-state index in [1.165, 1.54) is 30.4 Å². The zero-order valence-corrected chi connectivity index (χ0v) is 17.4. The zero-order chi connectivity index (χ0) is 22.3. The predicted octanol–water partition coefficient (Wildman–Crippen LogP) is 1.91. The van der Waals surface area contributed by atoms with Crippen LogP contribution < -0.4 is 21.7 Å². The molecular formula is C20H21N5O4S. The molecule has 2 rings (SSSR count). The van der Waals surface area contributed by atoms with Crippen LogP contribution in [0.25, 0.3) is 10.6 Å². The molecule has 1 aromatic carbocycles. The third-order valence-electron chi connectivity index (χ3n) is 3.77. The molecule has 0 radical (unpaired) electrons. The summed E-state index contributed by atoms with van der Waals surface area (Å²) in [7, 11) is 0. The number of carbonyl (C=O) groups excluding carboxylic acids is 4. The Morgan fingerprint density at radius 2 is 1.63 bits per heavy atom. The summed E-state index contributed by atoms with van der Waals surface area (Å²) < 4.78 is 0. The maximum atomic E-state index is 12.5. The quantitative estimate of drug-likeness (QED) is 0.499. The van der Waals surface area contributed by atoms with Crippen LogP contribution >= 0.6 is 11.3 Å². The maximum Gasteiger partial charge on any atom is 0.275 e. The van der Waals surface area contributed by atoms with Crippen LogP contribution in [0, 0.1) is 0 Å². The molecule has 9 nitrogen and oxygen atoms in total. The van der Waals surface area contributed by atoms with E-state index < -0.39 is 17.7 Å². The number of nitrogens with two attached hydrogens (primary N) is 1. The minimum absolute atomic E-state index is 0.0465. The maximum absolute atomic E-state index is 12.5. The van der Waals surface area contributed by atoms with Crippen molar-refractivity contribution < 1.29 is 19.2 Å². The Labute approximate surface area is 177 Å². The van der Waals surface area contributed by atoms with Gasteiger partial charge in [0.1, 0.15) is 22.1 Å². The minimum atomic E-state index is -0.790. The van der Waals surface area contributed by atoms with Gasteiger partial charge in [0.15, 0.2) is 0 Å². The molecule has 30 heavy (non-hydrogen) atoms. The van der Waals surface area contributed by atoms with Crippen molar-refractivity contribution in [2.75, 3.05) is 5.32 Å². The van der Waals surface area contributed by atoms with Crippen LogP contribution in [0.1, 0.15) is 31.3 Å². The van der Waals surface area contributed by atoms with Gasteiger partial charge in [0.05, 0.1) is 0 Å². The second-order valence-corrected chi connectivity index (χ2v) is 6.83. The number of carbonyl (C=O) groups is 4. The average molecular weight is 427 g/mol. The van der Waals surface area contributed by atoms with Crippen molar-refractivity contribution in [2.24, 2.45) is 5.73 Å². The smallest absolute Gasteiger partial charge is 0.275 e. The third kappa shape index (κ3) is 5.85. The molecule has 0 saturated carbocycles. The number of nitrogens with one attached hydrogen (secondary N) is 3. The lowest BCUT2D eigenvalue weighted by atomic mass is 10.2. The van der Waals surface area contributed by atoms with Gasteiger partial charge in [-0.3, -0.25) is 19.2 Å². The molecule has 2 aromatic rings. The highest BCUT2D eigenvalue weighted by Gasteiger charge is 2.18. The summed E-state index contributed by atoms with van der Waals surface area (Å²) in [5.41, 5.74) is 6.60. The van der Waals surface area contributed by atoms with E-state index in [0.717, 1.165) is 5.56 Å². The van der Waals surface area contributed by atoms with Crippen molar-refractivity contribution in [3.05, 3.63) is 58.9 Å². The fourth-order valence-corrected chi connectivity index (χ4v) is 3.13. The van der Waals surface area contributed by atoms with E-state index in [1.54, 1.807) is 43.5 Å². The Kier molecular flexibility index (Phi) is 7.59. The van der Waals surface area contributed by atoms with Crippen LogP contribution in [0.2, 0.25) is 0 Å². The van der Waals surface area contributed by atoms with Crippen molar-refractivity contribution in [3.8, 4) is 10.6 Å². The molecule has 0 saturated heterocycles. The van der Waals surface area contributed by atoms with E-state index in [-0.39, 0.29) is 23.0 Å². The second-order valence-electron chi connectivity index (χ2n) is 5.97. The van der Waals surface area contributed by atoms with Crippen LogP contribution in [-0.2, 0) is 14.4 Å². The van der Waals surface area contributed by atoms with Crippen molar-refractivity contribution in [1.82, 2.24) is 15.6 Å². The average Bonchev–Trinajstić information content (AvgIpc) is 3.20. The first-order chi connectivity index (χ1) is 14.2. The molecule has 0 unspecified atom stereocenters. The number of hydrogen-bond donors (Lipinski definition) is 4. The summed E-state index contributed by atoms with van der Waals surface area (Å²) >= 11 is 1.26. The molecule has 10 heteroatoms. The van der Waals surface area contributed by atoms with Gasteiger partial charge in [-0.25, -0.2) is 4.98 Å². The first kappa shape index (κ1) is 22.5. The summed E-state index contributed by atoms with van der Waals surface area (Å²) in [4.78, 5) is 51.4. The first-order valence-corrected chi connectivity index (χ1v) is 9.71. The third-order valence-corrected chi connectivity index (χ3v) is 4.66. The molecule has 0 aliphatic heterocycles. The number of primary amides is 1. The summed E-state index contributed by atoms with van der Waals surface area (Å²) in [6, 6.07) is 7.02. The SMILES string of the molecule is C/C=C(\NC(=O)c1csc(-c2ccc(NC(C)=O)cc2)n1)C(=O)N/C(=C/C)C(N)=O. The fourth-order valence-electron chi connectivity index (χ4n) is 2.32. The molecule has 156 valence electrons. The monoisotopic (exact) mass is 427 g/mol. The Morgan fingerprint density at radius 3 is 2.17 bits per heavy atom. The van der Waals surface area contributed by atoms with Crippen molar-refractivity contribution >= 4 is 40.7 Å². The first-order valence-electron chi connectivity index (χ1n) is 8.83. The van der Waals surface area contributed by atoms with Crippen LogP contribution in [0.3, 0.4) is 0 Å². The van der Waals surface area contributed by atoms with Crippen LogP contribution in [0.4, 0.5) is 5.69 Å². The van der Waals surface area contributed by atoms with E-state index in [2.05, 4.69) is 20.9 Å². The summed E-state index contributed by atoms with van der Waals surface area (Å²) in [5.74, 6) is -2.21. The van der Waals surface area contributed by atoms with Gasteiger partial charge in [0.25, 0.3) is 17.7 Å². The Morgan fingerprint density at radius 1 is 1.00 bits per heavy atom. The highest BCUT2D eigenvalue weighted by molar-refractivity contribution is 7.13. The molecule has 0 fully saturated rings. The molecular weight excluding hydrogens is 406 g/mol. The molecule has 4 amide bonds. The van der Waals surface area contributed by atoms with Gasteiger partial charge in [-0.05, 0) is 38.1 Å². The number of nitrogens with zero attached hydrogens (tertiary/aromatic N) is 1. The van der Waals surface area contributed by atoms with E-state index in [4.69, 9.17) is 5.73 Å². The number of rotatable bonds is 7. The molecule has 0 bridgehead atoms. The van der Waals surface area contributed by atoms with E-state index in [9.17, 15) is 19.2 Å². The van der Waals surface area contributed by atoms with Crippen molar-refractivity contribution in [1.29, 1.82) is 0 Å². The number of benzene rings is 1. The molecule has 0 aliphatic rings. The number of allylic oxidation sites excluding steroid dienone is 2. The van der Waals surface area contributed by atoms with Gasteiger partial charge in [0.2, 0.25) is 5.91 Å². The zero-order valence-electron chi connectivity index (χ0n) is 16.6. The molecule has 0 aliphatic carbocycles. The Balaban J connectivity index is 2.09. The van der Waals surface area contributed by atoms with Gasteiger partial charge in [-0.1, -0.05) is 12.2 Å². The van der Waals surface area contributed by atoms with Crippen LogP contribution in [0.5, 0.6) is 0 Å². The molecule has 1 aromatic heterocycles. The highest BCUT2D eigenvalue weighted by Crippen LogP contribution is 2.25. The van der Waals surface area contributed by atoms with Gasteiger partial charge < -0.3 is 21.7 Å². The second kappa shape index (κ2) is 10.1. The summed E-state index contributed by atoms with van der Waals surface area (Å²) in [6.45, 7) is 4.54. The number of aromatic nitrogens is 1. The van der Waals surface area contributed by atoms with Gasteiger partial charge in [-0.2, -0.15) is 0 Å². The Bertz CT molecular complexity index is 1040. The minimum Gasteiger partial charge on any atom is -0.364 e. The van der Waals surface area contributed by atoms with Gasteiger partial charge >= 0.3 is 0 Å². The molecule has 5 N–H and O–H groups in total. The van der Waals surface area contributed by atoms with E-state index >= 15 is 0 Å². The normalized spacial score (nSPS) is 11.6. The van der Waals surface area contributed by atoms with Crippen LogP contribution in [-0.4, -0.2) is 28.6 Å². The van der Waals surface area contributed by atoms with Crippen molar-refractivity contribution in [2.45, 2.75) is 20.8 Å². The molecule has 0 spiro atoms. The summed E-state index contributed by atoms with van der Waals surface area (Å²) in [5, 5.41) is 9.66. The molecule has 0 atom stereocenters. The lowest BCUT2D eigenvalue weighted by Gasteiger charge is -2.10. The lowest BCUT2D eigenvalue weighted by Crippen LogP contribution is -2.37. The molecule has 1 heterocycles. The van der Waals surface area contributed by atoms with Gasteiger partial charge in [-0.15, -0.1) is 11.3 Å². The lowest BCUT2D eigenvalue weighted by molar-refractivity contribution is -0.120. The van der Waals surface area contributed by atoms with Crippen molar-refractivity contribution in [3.63, 3.8) is 0 Å². The number of anilines is 1. The highest BCUT2D eigenvalue weighted by atomic mass is 32.1. The standard InChI is InChI=1S/C20H21N5O4S/c1-4-14(17(21)27)23-18(28)15(5-2)24-19(29)16-10-30-20(25-16)12-6-8-13(9-7-12)22-11(3)26/h4-10H,1-3H3,(H2,21,27)(H,22,26)(H,23,28)(H,24,29)/b14-4+,15-5-. The van der Waals surface area contributed by atoms with Crippen LogP contribution in [0.15, 0.2) is 53.2 Å². The number of thiazole rings is 1. The fraction of sp³-hybridized carbons (Fsp3) is 0.150. The number of hydrogen-bond acceptors (Lipinski definition) is 6. The summed E-state index contributed by atoms with van der Waals surface area (Å²) in [6.07, 6.45) is 2.76. The van der Waals surface area contributed by atoms with E-state index in [0.29, 0.717) is 10.7 Å².